The van der Waals surface area contributed by atoms with Crippen molar-refractivity contribution >= 4 is 23.4 Å². The number of thioether (sulfide) groups is 1. The minimum Gasteiger partial charge on any atom is -0.415 e. The van der Waals surface area contributed by atoms with Crippen LogP contribution >= 0.6 is 23.4 Å². The molecule has 0 amide bonds. The van der Waals surface area contributed by atoms with E-state index in [-0.39, 0.29) is 5.41 Å². The van der Waals surface area contributed by atoms with Crippen LogP contribution in [0.2, 0.25) is 5.02 Å². The average Bonchev–Trinajstić information content (AvgIpc) is 3.03. The molecule has 6 rings (SSSR count). The average molecular weight is 361 g/mol. The number of halogens is 1. The standard InChI is InChI=1S/C19H21ClN2OS/c20-16-4-2-1-3-15(16)11-24-18-22-21-17(23-18)19-8-12-5-13(9-19)7-14(6-12)10-19/h1-4,12-14H,5-11H2. The van der Waals surface area contributed by atoms with E-state index in [1.807, 2.05) is 24.3 Å². The molecule has 1 aromatic heterocycles. The van der Waals surface area contributed by atoms with Gasteiger partial charge in [0.2, 0.25) is 5.89 Å². The molecule has 5 heteroatoms. The Bertz CT molecular complexity index is 724. The van der Waals surface area contributed by atoms with Gasteiger partial charge < -0.3 is 4.42 Å². The molecule has 0 atom stereocenters. The summed E-state index contributed by atoms with van der Waals surface area (Å²) in [6, 6.07) is 7.93. The normalized spacial score (nSPS) is 34.0. The molecular formula is C19H21ClN2OS. The largest absolute Gasteiger partial charge is 0.415 e. The highest BCUT2D eigenvalue weighted by molar-refractivity contribution is 7.98. The fourth-order valence-electron chi connectivity index (χ4n) is 5.61. The van der Waals surface area contributed by atoms with Crippen LogP contribution in [0.25, 0.3) is 0 Å². The highest BCUT2D eigenvalue weighted by Crippen LogP contribution is 2.60. The Kier molecular flexibility index (Phi) is 3.67. The molecule has 0 saturated heterocycles. The zero-order valence-electron chi connectivity index (χ0n) is 13.6. The summed E-state index contributed by atoms with van der Waals surface area (Å²) in [6.07, 6.45) is 8.08. The second-order valence-corrected chi connectivity index (χ2v) is 9.28. The SMILES string of the molecule is Clc1ccccc1CSc1nnc(C23CC4CC(CC(C4)C2)C3)o1. The molecular weight excluding hydrogens is 340 g/mol. The molecule has 0 unspecified atom stereocenters. The van der Waals surface area contributed by atoms with E-state index in [1.165, 1.54) is 38.5 Å². The van der Waals surface area contributed by atoms with E-state index in [0.717, 1.165) is 40.0 Å². The Morgan fingerprint density at radius 2 is 1.71 bits per heavy atom. The molecule has 2 aromatic rings. The van der Waals surface area contributed by atoms with Crippen LogP contribution in [0, 0.1) is 17.8 Å². The van der Waals surface area contributed by atoms with Gasteiger partial charge in [0.15, 0.2) is 0 Å². The van der Waals surface area contributed by atoms with E-state index >= 15 is 0 Å². The monoisotopic (exact) mass is 360 g/mol. The summed E-state index contributed by atoms with van der Waals surface area (Å²) in [5, 5.41) is 10.3. The van der Waals surface area contributed by atoms with E-state index < -0.39 is 0 Å². The summed E-state index contributed by atoms with van der Waals surface area (Å²) >= 11 is 7.81. The van der Waals surface area contributed by atoms with Gasteiger partial charge in [-0.25, -0.2) is 0 Å². The van der Waals surface area contributed by atoms with Gasteiger partial charge >= 0.3 is 0 Å². The number of rotatable bonds is 4. The lowest BCUT2D eigenvalue weighted by Gasteiger charge is -2.55. The zero-order valence-corrected chi connectivity index (χ0v) is 15.2. The van der Waals surface area contributed by atoms with E-state index in [9.17, 15) is 0 Å². The van der Waals surface area contributed by atoms with Gasteiger partial charge in [-0.3, -0.25) is 0 Å². The second kappa shape index (κ2) is 5.77. The van der Waals surface area contributed by atoms with E-state index in [2.05, 4.69) is 10.2 Å². The molecule has 1 heterocycles. The van der Waals surface area contributed by atoms with Gasteiger partial charge in [-0.1, -0.05) is 41.6 Å². The predicted molar refractivity (Wildman–Crippen MR) is 95.2 cm³/mol. The van der Waals surface area contributed by atoms with Crippen molar-refractivity contribution in [2.45, 2.75) is 54.9 Å². The van der Waals surface area contributed by atoms with Crippen LogP contribution in [0.4, 0.5) is 0 Å². The van der Waals surface area contributed by atoms with Crippen molar-refractivity contribution in [3.63, 3.8) is 0 Å². The Morgan fingerprint density at radius 1 is 1.04 bits per heavy atom. The summed E-state index contributed by atoms with van der Waals surface area (Å²) in [5.41, 5.74) is 1.30. The first kappa shape index (κ1) is 15.3. The van der Waals surface area contributed by atoms with E-state index in [1.54, 1.807) is 11.8 Å². The molecule has 4 saturated carbocycles. The quantitative estimate of drug-likeness (QED) is 0.676. The molecule has 1 aromatic carbocycles. The Morgan fingerprint density at radius 3 is 2.38 bits per heavy atom. The van der Waals surface area contributed by atoms with Gasteiger partial charge in [0.25, 0.3) is 5.22 Å². The fraction of sp³-hybridized carbons (Fsp3) is 0.579. The maximum atomic E-state index is 6.23. The van der Waals surface area contributed by atoms with Crippen LogP contribution in [0.15, 0.2) is 33.9 Å². The molecule has 126 valence electrons. The van der Waals surface area contributed by atoms with Crippen molar-refractivity contribution in [3.05, 3.63) is 40.7 Å². The Balaban J connectivity index is 1.33. The van der Waals surface area contributed by atoms with Gasteiger partial charge in [-0.05, 0) is 67.9 Å². The first-order valence-electron chi connectivity index (χ1n) is 8.90. The predicted octanol–water partition coefficient (Wildman–Crippen LogP) is 5.48. The minimum atomic E-state index is 0.185. The number of hydrogen-bond donors (Lipinski definition) is 0. The summed E-state index contributed by atoms with van der Waals surface area (Å²) < 4.78 is 6.13. The minimum absolute atomic E-state index is 0.185. The lowest BCUT2D eigenvalue weighted by atomic mass is 9.49. The van der Waals surface area contributed by atoms with Crippen LogP contribution in [0.5, 0.6) is 0 Å². The first-order valence-corrected chi connectivity index (χ1v) is 10.3. The molecule has 24 heavy (non-hydrogen) atoms. The highest BCUT2D eigenvalue weighted by atomic mass is 35.5. The van der Waals surface area contributed by atoms with Gasteiger partial charge in [-0.2, -0.15) is 0 Å². The van der Waals surface area contributed by atoms with Crippen LogP contribution in [0.1, 0.15) is 50.0 Å². The van der Waals surface area contributed by atoms with Crippen molar-refractivity contribution in [2.75, 3.05) is 0 Å². The van der Waals surface area contributed by atoms with Crippen LogP contribution in [-0.4, -0.2) is 10.2 Å². The number of aromatic nitrogens is 2. The lowest BCUT2D eigenvalue weighted by Crippen LogP contribution is -2.48. The number of benzene rings is 1. The van der Waals surface area contributed by atoms with Gasteiger partial charge in [-0.15, -0.1) is 10.2 Å². The molecule has 4 aliphatic rings. The summed E-state index contributed by atoms with van der Waals surface area (Å²) in [7, 11) is 0. The van der Waals surface area contributed by atoms with Crippen molar-refractivity contribution in [3.8, 4) is 0 Å². The lowest BCUT2D eigenvalue weighted by molar-refractivity contribution is -0.0191. The van der Waals surface area contributed by atoms with Gasteiger partial charge in [0.05, 0.1) is 0 Å². The Hall–Kier alpha value is -1.00. The molecule has 4 fully saturated rings. The summed E-state index contributed by atoms with van der Waals surface area (Å²) in [6.45, 7) is 0. The van der Waals surface area contributed by atoms with E-state index in [4.69, 9.17) is 16.0 Å². The summed E-state index contributed by atoms with van der Waals surface area (Å²) in [5.74, 6) is 4.35. The maximum absolute atomic E-state index is 6.23. The van der Waals surface area contributed by atoms with Gasteiger partial charge in [0, 0.05) is 16.2 Å². The van der Waals surface area contributed by atoms with Crippen molar-refractivity contribution < 1.29 is 4.42 Å². The fourth-order valence-corrected chi connectivity index (χ4v) is 6.66. The van der Waals surface area contributed by atoms with Crippen LogP contribution in [-0.2, 0) is 11.2 Å². The third-order valence-electron chi connectivity index (χ3n) is 6.21. The van der Waals surface area contributed by atoms with Gasteiger partial charge in [0.1, 0.15) is 0 Å². The molecule has 0 radical (unpaired) electrons. The third kappa shape index (κ3) is 2.59. The molecule has 0 aliphatic heterocycles. The second-order valence-electron chi connectivity index (χ2n) is 7.95. The number of hydrogen-bond acceptors (Lipinski definition) is 4. The molecule has 0 N–H and O–H groups in total. The van der Waals surface area contributed by atoms with Crippen molar-refractivity contribution in [2.24, 2.45) is 17.8 Å². The van der Waals surface area contributed by atoms with Crippen molar-refractivity contribution in [1.29, 1.82) is 0 Å². The Labute approximate surface area is 151 Å². The zero-order chi connectivity index (χ0) is 16.1. The molecule has 4 aliphatic carbocycles. The van der Waals surface area contributed by atoms with Crippen LogP contribution in [0.3, 0.4) is 0 Å². The maximum Gasteiger partial charge on any atom is 0.276 e. The topological polar surface area (TPSA) is 38.9 Å². The first-order chi connectivity index (χ1) is 11.7. The molecule has 0 spiro atoms. The molecule has 3 nitrogen and oxygen atoms in total. The third-order valence-corrected chi connectivity index (χ3v) is 7.44. The van der Waals surface area contributed by atoms with E-state index in [0.29, 0.717) is 5.22 Å². The van der Waals surface area contributed by atoms with Crippen molar-refractivity contribution in [1.82, 2.24) is 10.2 Å². The number of nitrogens with zero attached hydrogens (tertiary/aromatic N) is 2. The smallest absolute Gasteiger partial charge is 0.276 e. The van der Waals surface area contributed by atoms with Crippen LogP contribution < -0.4 is 0 Å². The highest BCUT2D eigenvalue weighted by Gasteiger charge is 2.54. The molecule has 4 bridgehead atoms. The summed E-state index contributed by atoms with van der Waals surface area (Å²) in [4.78, 5) is 0.